The molecule has 166 valence electrons. The largest absolute Gasteiger partial charge is 0.493 e. The number of nitro groups is 1. The molecule has 0 spiro atoms. The number of non-ortho nitro benzene ring substituents is 1. The molecule has 0 bridgehead atoms. The lowest BCUT2D eigenvalue weighted by atomic mass is 10.1. The van der Waals surface area contributed by atoms with Gasteiger partial charge in [-0.1, -0.05) is 36.4 Å². The van der Waals surface area contributed by atoms with Crippen molar-refractivity contribution in [1.29, 1.82) is 5.26 Å². The van der Waals surface area contributed by atoms with E-state index in [9.17, 15) is 20.2 Å². The summed E-state index contributed by atoms with van der Waals surface area (Å²) >= 11 is 0. The van der Waals surface area contributed by atoms with Crippen LogP contribution in [0.4, 0.5) is 11.4 Å². The number of nitrogens with zero attached hydrogens (tertiary/aromatic N) is 2. The standard InChI is InChI=1S/C25H21N3O5/c1-17-6-3-4-9-22(17)27-25(29)20(15-26)12-18-10-11-23(24(14-18)32-2)33-16-19-7-5-8-21(13-19)28(30)31/h3-14H,16H2,1-2H3,(H,27,29)/b20-12-. The molecule has 0 saturated heterocycles. The Morgan fingerprint density at radius 2 is 1.91 bits per heavy atom. The van der Waals surface area contributed by atoms with Gasteiger partial charge in [0.05, 0.1) is 12.0 Å². The minimum Gasteiger partial charge on any atom is -0.493 e. The van der Waals surface area contributed by atoms with Crippen LogP contribution in [0.25, 0.3) is 6.08 Å². The van der Waals surface area contributed by atoms with E-state index < -0.39 is 10.8 Å². The molecule has 0 heterocycles. The maximum atomic E-state index is 12.6. The molecule has 1 amide bonds. The lowest BCUT2D eigenvalue weighted by Crippen LogP contribution is -2.14. The SMILES string of the molecule is COc1cc(/C=C(/C#N)C(=O)Nc2ccccc2C)ccc1OCc1cccc([N+](=O)[O-])c1. The lowest BCUT2D eigenvalue weighted by Gasteiger charge is -2.12. The van der Waals surface area contributed by atoms with Gasteiger partial charge in [0, 0.05) is 17.8 Å². The van der Waals surface area contributed by atoms with Crippen molar-refractivity contribution >= 4 is 23.4 Å². The van der Waals surface area contributed by atoms with E-state index in [1.807, 2.05) is 25.1 Å². The van der Waals surface area contributed by atoms with Gasteiger partial charge in [0.2, 0.25) is 0 Å². The van der Waals surface area contributed by atoms with Crippen molar-refractivity contribution in [1.82, 2.24) is 0 Å². The van der Waals surface area contributed by atoms with Gasteiger partial charge in [-0.25, -0.2) is 0 Å². The predicted octanol–water partition coefficient (Wildman–Crippen LogP) is 5.04. The van der Waals surface area contributed by atoms with Gasteiger partial charge in [-0.05, 0) is 47.9 Å². The zero-order chi connectivity index (χ0) is 23.8. The Kier molecular flexibility index (Phi) is 7.39. The fourth-order valence-electron chi connectivity index (χ4n) is 3.03. The summed E-state index contributed by atoms with van der Waals surface area (Å²) in [4.78, 5) is 23.0. The third-order valence-electron chi connectivity index (χ3n) is 4.77. The van der Waals surface area contributed by atoms with E-state index in [2.05, 4.69) is 5.32 Å². The second-order valence-corrected chi connectivity index (χ2v) is 7.06. The van der Waals surface area contributed by atoms with Gasteiger partial charge in [0.15, 0.2) is 11.5 Å². The van der Waals surface area contributed by atoms with E-state index in [0.717, 1.165) is 5.56 Å². The molecular formula is C25H21N3O5. The first-order valence-corrected chi connectivity index (χ1v) is 9.94. The van der Waals surface area contributed by atoms with Crippen molar-refractivity contribution in [2.45, 2.75) is 13.5 Å². The molecular weight excluding hydrogens is 422 g/mol. The summed E-state index contributed by atoms with van der Waals surface area (Å²) in [5.74, 6) is 0.298. The second kappa shape index (κ2) is 10.6. The van der Waals surface area contributed by atoms with Crippen LogP contribution in [0.3, 0.4) is 0 Å². The number of ether oxygens (including phenoxy) is 2. The van der Waals surface area contributed by atoms with E-state index in [-0.39, 0.29) is 17.9 Å². The Balaban J connectivity index is 1.76. The third kappa shape index (κ3) is 5.95. The Hall–Kier alpha value is -4.64. The molecule has 0 atom stereocenters. The molecule has 3 aromatic carbocycles. The Morgan fingerprint density at radius 3 is 2.61 bits per heavy atom. The molecule has 8 heteroatoms. The Labute approximate surface area is 190 Å². The zero-order valence-electron chi connectivity index (χ0n) is 18.1. The van der Waals surface area contributed by atoms with Crippen molar-refractivity contribution in [3.8, 4) is 17.6 Å². The van der Waals surface area contributed by atoms with Gasteiger partial charge in [-0.15, -0.1) is 0 Å². The average Bonchev–Trinajstić information content (AvgIpc) is 2.83. The first-order valence-electron chi connectivity index (χ1n) is 9.94. The van der Waals surface area contributed by atoms with Gasteiger partial charge in [0.1, 0.15) is 18.2 Å². The number of carbonyl (C=O) groups excluding carboxylic acids is 1. The molecule has 0 aliphatic carbocycles. The molecule has 8 nitrogen and oxygen atoms in total. The lowest BCUT2D eigenvalue weighted by molar-refractivity contribution is -0.384. The summed E-state index contributed by atoms with van der Waals surface area (Å²) in [5, 5.41) is 23.1. The summed E-state index contributed by atoms with van der Waals surface area (Å²) < 4.78 is 11.1. The molecule has 0 unspecified atom stereocenters. The Morgan fingerprint density at radius 1 is 1.12 bits per heavy atom. The number of para-hydroxylation sites is 1. The van der Waals surface area contributed by atoms with Gasteiger partial charge in [-0.3, -0.25) is 14.9 Å². The smallest absolute Gasteiger partial charge is 0.269 e. The van der Waals surface area contributed by atoms with Crippen molar-refractivity contribution in [3.63, 3.8) is 0 Å². The molecule has 0 aromatic heterocycles. The number of anilines is 1. The van der Waals surface area contributed by atoms with Crippen LogP contribution in [0, 0.1) is 28.4 Å². The minimum atomic E-state index is -0.517. The normalized spacial score (nSPS) is 10.8. The van der Waals surface area contributed by atoms with Crippen LogP contribution in [0.15, 0.2) is 72.3 Å². The summed E-state index contributed by atoms with van der Waals surface area (Å²) in [6.45, 7) is 1.97. The average molecular weight is 443 g/mol. The summed E-state index contributed by atoms with van der Waals surface area (Å²) in [6, 6.07) is 20.4. The number of nitriles is 1. The number of nitrogens with one attached hydrogen (secondary N) is 1. The summed E-state index contributed by atoms with van der Waals surface area (Å²) in [7, 11) is 1.47. The molecule has 1 N–H and O–H groups in total. The number of hydrogen-bond donors (Lipinski definition) is 1. The zero-order valence-corrected chi connectivity index (χ0v) is 18.1. The number of methoxy groups -OCH3 is 1. The van der Waals surface area contributed by atoms with Crippen molar-refractivity contribution in [3.05, 3.63) is 99.1 Å². The molecule has 0 aliphatic rings. The fraction of sp³-hybridized carbons (Fsp3) is 0.120. The monoisotopic (exact) mass is 443 g/mol. The number of benzene rings is 3. The van der Waals surface area contributed by atoms with Gasteiger partial charge < -0.3 is 14.8 Å². The highest BCUT2D eigenvalue weighted by Gasteiger charge is 2.13. The molecule has 0 aliphatic heterocycles. The van der Waals surface area contributed by atoms with Crippen LogP contribution in [-0.4, -0.2) is 17.9 Å². The number of nitro benzene ring substituents is 1. The number of carbonyl (C=O) groups is 1. The molecule has 3 aromatic rings. The molecule has 33 heavy (non-hydrogen) atoms. The van der Waals surface area contributed by atoms with E-state index in [1.165, 1.54) is 25.3 Å². The number of aryl methyl sites for hydroxylation is 1. The van der Waals surface area contributed by atoms with Crippen molar-refractivity contribution in [2.75, 3.05) is 12.4 Å². The van der Waals surface area contributed by atoms with Gasteiger partial charge in [0.25, 0.3) is 11.6 Å². The van der Waals surface area contributed by atoms with E-state index in [0.29, 0.717) is 28.3 Å². The topological polar surface area (TPSA) is 114 Å². The summed E-state index contributed by atoms with van der Waals surface area (Å²) in [6.07, 6.45) is 1.46. The maximum absolute atomic E-state index is 12.6. The van der Waals surface area contributed by atoms with Crippen LogP contribution < -0.4 is 14.8 Å². The number of rotatable bonds is 8. The van der Waals surface area contributed by atoms with Gasteiger partial charge >= 0.3 is 0 Å². The number of hydrogen-bond acceptors (Lipinski definition) is 6. The first-order chi connectivity index (χ1) is 15.9. The van der Waals surface area contributed by atoms with E-state index in [1.54, 1.807) is 42.5 Å². The van der Waals surface area contributed by atoms with Crippen molar-refractivity contribution < 1.29 is 19.2 Å². The highest BCUT2D eigenvalue weighted by atomic mass is 16.6. The summed E-state index contributed by atoms with van der Waals surface area (Å²) in [5.41, 5.74) is 2.64. The molecule has 0 fully saturated rings. The Bertz CT molecular complexity index is 1260. The van der Waals surface area contributed by atoms with Crippen molar-refractivity contribution in [2.24, 2.45) is 0 Å². The van der Waals surface area contributed by atoms with E-state index in [4.69, 9.17) is 9.47 Å². The van der Waals surface area contributed by atoms with Crippen LogP contribution in [0.1, 0.15) is 16.7 Å². The molecule has 3 rings (SSSR count). The first kappa shape index (κ1) is 23.0. The maximum Gasteiger partial charge on any atom is 0.269 e. The minimum absolute atomic E-state index is 0.0171. The van der Waals surface area contributed by atoms with Crippen LogP contribution in [-0.2, 0) is 11.4 Å². The highest BCUT2D eigenvalue weighted by molar-refractivity contribution is 6.10. The predicted molar refractivity (Wildman–Crippen MR) is 124 cm³/mol. The molecule has 0 saturated carbocycles. The molecule has 0 radical (unpaired) electrons. The van der Waals surface area contributed by atoms with Gasteiger partial charge in [-0.2, -0.15) is 5.26 Å². The van der Waals surface area contributed by atoms with Crippen LogP contribution >= 0.6 is 0 Å². The third-order valence-corrected chi connectivity index (χ3v) is 4.77. The quantitative estimate of drug-likeness (QED) is 0.226. The van der Waals surface area contributed by atoms with Crippen LogP contribution in [0.2, 0.25) is 0 Å². The highest BCUT2D eigenvalue weighted by Crippen LogP contribution is 2.30. The van der Waals surface area contributed by atoms with E-state index >= 15 is 0 Å². The second-order valence-electron chi connectivity index (χ2n) is 7.06. The fourth-order valence-corrected chi connectivity index (χ4v) is 3.03. The van der Waals surface area contributed by atoms with Crippen LogP contribution in [0.5, 0.6) is 11.5 Å². The number of amides is 1.